The Morgan fingerprint density at radius 1 is 0.800 bits per heavy atom. The van der Waals surface area contributed by atoms with Gasteiger partial charge in [0.15, 0.2) is 34.5 Å². The highest BCUT2D eigenvalue weighted by molar-refractivity contribution is 5.68. The Balaban J connectivity index is 1.67. The largest absolute Gasteiger partial charge is 0.504 e. The highest BCUT2D eigenvalue weighted by Crippen LogP contribution is 2.53. The Hall–Kier alpha value is -3.94. The summed E-state index contributed by atoms with van der Waals surface area (Å²) >= 11 is 0. The molecular weight excluding hydrogens is 450 g/mol. The lowest BCUT2D eigenvalue weighted by Crippen LogP contribution is -2.30. The normalized spacial score (nSPS) is 20.0. The summed E-state index contributed by atoms with van der Waals surface area (Å²) in [5.74, 6) is 3.75. The van der Waals surface area contributed by atoms with Gasteiger partial charge in [0.25, 0.3) is 0 Å². The van der Waals surface area contributed by atoms with Crippen LogP contribution in [0.15, 0.2) is 42.5 Å². The lowest BCUT2D eigenvalue weighted by molar-refractivity contribution is 0.174. The molecule has 35 heavy (non-hydrogen) atoms. The molecule has 0 unspecified atom stereocenters. The Kier molecular flexibility index (Phi) is 5.88. The van der Waals surface area contributed by atoms with Gasteiger partial charge in [-0.3, -0.25) is 0 Å². The first-order valence-electron chi connectivity index (χ1n) is 11.4. The van der Waals surface area contributed by atoms with Crippen LogP contribution in [0.5, 0.6) is 40.2 Å². The van der Waals surface area contributed by atoms with Gasteiger partial charge in [-0.2, -0.15) is 0 Å². The molecule has 8 nitrogen and oxygen atoms in total. The Labute approximate surface area is 204 Å². The van der Waals surface area contributed by atoms with Crippen molar-refractivity contribution in [3.63, 3.8) is 0 Å². The Bertz CT molecular complexity index is 1230. The van der Waals surface area contributed by atoms with Crippen molar-refractivity contribution in [2.45, 2.75) is 18.9 Å². The lowest BCUT2D eigenvalue weighted by atomic mass is 9.72. The third-order valence-electron chi connectivity index (χ3n) is 6.85. The van der Waals surface area contributed by atoms with E-state index in [4.69, 9.17) is 28.4 Å². The van der Waals surface area contributed by atoms with E-state index in [0.29, 0.717) is 28.7 Å². The molecule has 3 atom stereocenters. The second kappa shape index (κ2) is 9.02. The van der Waals surface area contributed by atoms with Crippen molar-refractivity contribution < 1.29 is 33.5 Å². The van der Waals surface area contributed by atoms with Gasteiger partial charge in [0.1, 0.15) is 0 Å². The van der Waals surface area contributed by atoms with Gasteiger partial charge in [-0.05, 0) is 52.9 Å². The summed E-state index contributed by atoms with van der Waals surface area (Å²) in [6.45, 7) is 2.39. The molecule has 3 aromatic rings. The summed E-state index contributed by atoms with van der Waals surface area (Å²) in [6.07, 6.45) is 0. The van der Waals surface area contributed by atoms with E-state index in [9.17, 15) is 5.11 Å². The molecule has 0 saturated carbocycles. The van der Waals surface area contributed by atoms with E-state index in [0.717, 1.165) is 28.1 Å². The predicted molar refractivity (Wildman–Crippen MR) is 131 cm³/mol. The quantitative estimate of drug-likeness (QED) is 0.506. The number of ether oxygens (including phenoxy) is 6. The molecule has 2 aliphatic heterocycles. The van der Waals surface area contributed by atoms with Crippen molar-refractivity contribution in [1.29, 1.82) is 0 Å². The van der Waals surface area contributed by atoms with Gasteiger partial charge in [0.05, 0.1) is 34.5 Å². The summed E-state index contributed by atoms with van der Waals surface area (Å²) in [7, 11) is 6.37. The Morgan fingerprint density at radius 3 is 2.06 bits per heavy atom. The van der Waals surface area contributed by atoms with Crippen molar-refractivity contribution in [2.24, 2.45) is 5.92 Å². The number of hydrogen-bond donors (Lipinski definition) is 2. The van der Waals surface area contributed by atoms with Gasteiger partial charge in [-0.25, -0.2) is 0 Å². The van der Waals surface area contributed by atoms with Crippen molar-refractivity contribution >= 4 is 5.69 Å². The van der Waals surface area contributed by atoms with E-state index in [-0.39, 0.29) is 30.4 Å². The summed E-state index contributed by atoms with van der Waals surface area (Å²) < 4.78 is 33.5. The average Bonchev–Trinajstić information content (AvgIpc) is 3.34. The van der Waals surface area contributed by atoms with E-state index in [1.165, 1.54) is 0 Å². The second-order valence-electron chi connectivity index (χ2n) is 8.64. The van der Waals surface area contributed by atoms with Crippen LogP contribution < -0.4 is 33.7 Å². The van der Waals surface area contributed by atoms with Crippen molar-refractivity contribution in [3.05, 3.63) is 59.2 Å². The maximum Gasteiger partial charge on any atom is 0.231 e. The second-order valence-corrected chi connectivity index (χ2v) is 8.64. The van der Waals surface area contributed by atoms with E-state index < -0.39 is 0 Å². The molecular formula is C27H29NO7. The molecule has 8 heteroatoms. The predicted octanol–water partition coefficient (Wildman–Crippen LogP) is 5.09. The number of phenols is 1. The summed E-state index contributed by atoms with van der Waals surface area (Å²) in [6, 6.07) is 13.4. The first kappa shape index (κ1) is 22.8. The van der Waals surface area contributed by atoms with Gasteiger partial charge in [-0.15, -0.1) is 0 Å². The fourth-order valence-corrected chi connectivity index (χ4v) is 5.15. The van der Waals surface area contributed by atoms with Crippen LogP contribution in [-0.4, -0.2) is 40.3 Å². The number of benzene rings is 3. The number of anilines is 1. The molecule has 2 heterocycles. The lowest BCUT2D eigenvalue weighted by Gasteiger charge is -2.40. The minimum absolute atomic E-state index is 0.0284. The summed E-state index contributed by atoms with van der Waals surface area (Å²) in [4.78, 5) is 0. The molecule has 0 saturated heterocycles. The molecule has 0 bridgehead atoms. The Morgan fingerprint density at radius 2 is 1.43 bits per heavy atom. The van der Waals surface area contributed by atoms with Gasteiger partial charge in [0.2, 0.25) is 12.5 Å². The molecule has 0 aliphatic carbocycles. The molecule has 0 amide bonds. The van der Waals surface area contributed by atoms with Crippen molar-refractivity contribution in [3.8, 4) is 40.2 Å². The third-order valence-corrected chi connectivity index (χ3v) is 6.85. The number of methoxy groups -OCH3 is 4. The van der Waals surface area contributed by atoms with Crippen molar-refractivity contribution in [1.82, 2.24) is 0 Å². The molecule has 0 radical (unpaired) electrons. The topological polar surface area (TPSA) is 87.6 Å². The fourth-order valence-electron chi connectivity index (χ4n) is 5.15. The smallest absolute Gasteiger partial charge is 0.231 e. The minimum Gasteiger partial charge on any atom is -0.504 e. The maximum absolute atomic E-state index is 10.2. The monoisotopic (exact) mass is 479 g/mol. The molecule has 184 valence electrons. The zero-order valence-corrected chi connectivity index (χ0v) is 20.4. The number of aromatic hydroxyl groups is 1. The molecule has 2 N–H and O–H groups in total. The van der Waals surface area contributed by atoms with E-state index in [1.807, 2.05) is 36.4 Å². The highest BCUT2D eigenvalue weighted by atomic mass is 16.7. The summed E-state index contributed by atoms with van der Waals surface area (Å²) in [5.41, 5.74) is 4.04. The first-order valence-corrected chi connectivity index (χ1v) is 11.4. The van der Waals surface area contributed by atoms with Gasteiger partial charge < -0.3 is 38.8 Å². The van der Waals surface area contributed by atoms with Crippen LogP contribution in [0.1, 0.15) is 35.6 Å². The average molecular weight is 480 g/mol. The van der Waals surface area contributed by atoms with Crippen LogP contribution in [0.3, 0.4) is 0 Å². The van der Waals surface area contributed by atoms with Gasteiger partial charge in [-0.1, -0.05) is 13.0 Å². The zero-order chi connectivity index (χ0) is 24.7. The van der Waals surface area contributed by atoms with Crippen LogP contribution in [0.25, 0.3) is 0 Å². The number of hydrogen-bond acceptors (Lipinski definition) is 8. The third kappa shape index (κ3) is 3.79. The molecule has 3 aromatic carbocycles. The minimum atomic E-state index is -0.0959. The maximum atomic E-state index is 10.2. The standard InChI is InChI=1S/C27H29NO7/c1-14-25(15-6-7-19(29)20(8-15)30-2)17-11-21-22(35-13-34-21)12-18(17)28-26(14)16-9-23(31-3)27(33-5)24(10-16)32-4/h6-12,14,25-26,28-29H,13H2,1-5H3/t14-,25+,26-/m0/s1. The van der Waals surface area contributed by atoms with E-state index >= 15 is 0 Å². The molecule has 0 aromatic heterocycles. The zero-order valence-electron chi connectivity index (χ0n) is 20.4. The van der Waals surface area contributed by atoms with Crippen LogP contribution in [-0.2, 0) is 0 Å². The van der Waals surface area contributed by atoms with E-state index in [2.05, 4.69) is 12.2 Å². The van der Waals surface area contributed by atoms with Gasteiger partial charge >= 0.3 is 0 Å². The van der Waals surface area contributed by atoms with Crippen LogP contribution in [0, 0.1) is 5.92 Å². The molecule has 0 fully saturated rings. The number of nitrogens with one attached hydrogen (secondary N) is 1. The summed E-state index contributed by atoms with van der Waals surface area (Å²) in [5, 5.41) is 13.9. The van der Waals surface area contributed by atoms with Crippen LogP contribution in [0.2, 0.25) is 0 Å². The van der Waals surface area contributed by atoms with Crippen LogP contribution in [0.4, 0.5) is 5.69 Å². The fraction of sp³-hybridized carbons (Fsp3) is 0.333. The van der Waals surface area contributed by atoms with E-state index in [1.54, 1.807) is 34.5 Å². The SMILES string of the molecule is COc1cc([C@@H]2c3cc4c(cc3N[C@H](c3cc(OC)c(OC)c(OC)c3)[C@H]2C)OCO4)ccc1O. The molecule has 5 rings (SSSR count). The number of phenolic OH excluding ortho intramolecular Hbond substituents is 1. The molecule has 2 aliphatic rings. The number of fused-ring (bicyclic) bond motifs is 2. The van der Waals surface area contributed by atoms with Gasteiger partial charge in [0, 0.05) is 17.7 Å². The van der Waals surface area contributed by atoms with Crippen molar-refractivity contribution in [2.75, 3.05) is 40.5 Å². The first-order chi connectivity index (χ1) is 17.0. The molecule has 0 spiro atoms. The highest BCUT2D eigenvalue weighted by Gasteiger charge is 2.38. The number of rotatable bonds is 6. The van der Waals surface area contributed by atoms with Crippen LogP contribution >= 0.6 is 0 Å².